The summed E-state index contributed by atoms with van der Waals surface area (Å²) in [5, 5.41) is 0.548. The number of pyridine rings is 1. The summed E-state index contributed by atoms with van der Waals surface area (Å²) in [4.78, 5) is 4.51. The van der Waals surface area contributed by atoms with Gasteiger partial charge in [0.2, 0.25) is 0 Å². The highest BCUT2D eigenvalue weighted by Crippen LogP contribution is 2.34. The zero-order valence-corrected chi connectivity index (χ0v) is 14.6. The van der Waals surface area contributed by atoms with E-state index in [2.05, 4.69) is 4.98 Å². The maximum absolute atomic E-state index is 13.0. The first-order valence-corrected chi connectivity index (χ1v) is 8.33. The average molecular weight is 378 g/mol. The second-order valence-corrected chi connectivity index (χ2v) is 6.03. The maximum Gasteiger partial charge on any atom is 0.416 e. The molecule has 1 heterocycles. The summed E-state index contributed by atoms with van der Waals surface area (Å²) < 4.78 is 44.6. The number of halogens is 4. The van der Waals surface area contributed by atoms with E-state index in [1.807, 2.05) is 13.0 Å². The molecule has 0 aliphatic carbocycles. The molecule has 2 nitrogen and oxygen atoms in total. The topological polar surface area (TPSA) is 22.1 Å². The minimum atomic E-state index is -4.41. The molecule has 0 fully saturated rings. The van der Waals surface area contributed by atoms with Gasteiger partial charge in [-0.25, -0.2) is 4.98 Å². The summed E-state index contributed by atoms with van der Waals surface area (Å²) >= 11 is 6.04. The van der Waals surface area contributed by atoms with Gasteiger partial charge >= 0.3 is 6.18 Å². The lowest BCUT2D eigenvalue weighted by molar-refractivity contribution is -0.137. The van der Waals surface area contributed by atoms with Gasteiger partial charge in [-0.3, -0.25) is 0 Å². The molecule has 26 heavy (non-hydrogen) atoms. The third-order valence-corrected chi connectivity index (χ3v) is 3.95. The first-order valence-electron chi connectivity index (χ1n) is 7.95. The van der Waals surface area contributed by atoms with Gasteiger partial charge < -0.3 is 4.74 Å². The summed E-state index contributed by atoms with van der Waals surface area (Å²) in [5.74, 6) is 0.532. The molecule has 6 heteroatoms. The normalized spacial score (nSPS) is 11.4. The molecule has 0 spiro atoms. The van der Waals surface area contributed by atoms with Crippen molar-refractivity contribution in [2.75, 3.05) is 6.61 Å². The van der Waals surface area contributed by atoms with Crippen LogP contribution in [0.25, 0.3) is 22.5 Å². The molecule has 0 unspecified atom stereocenters. The van der Waals surface area contributed by atoms with Crippen molar-refractivity contribution in [3.8, 4) is 28.3 Å². The first-order chi connectivity index (χ1) is 12.4. The second-order valence-electron chi connectivity index (χ2n) is 5.60. The van der Waals surface area contributed by atoms with Gasteiger partial charge in [-0.2, -0.15) is 13.2 Å². The summed E-state index contributed by atoms with van der Waals surface area (Å²) in [7, 11) is 0. The molecule has 0 saturated carbocycles. The lowest BCUT2D eigenvalue weighted by atomic mass is 10.1. The van der Waals surface area contributed by atoms with Crippen LogP contribution in [0.1, 0.15) is 12.5 Å². The van der Waals surface area contributed by atoms with Crippen LogP contribution >= 0.6 is 11.6 Å². The third-order valence-electron chi connectivity index (χ3n) is 3.72. The van der Waals surface area contributed by atoms with Crippen molar-refractivity contribution in [2.45, 2.75) is 13.1 Å². The highest BCUT2D eigenvalue weighted by molar-refractivity contribution is 6.30. The molecule has 3 aromatic rings. The minimum absolute atomic E-state index is 0.365. The van der Waals surface area contributed by atoms with Gasteiger partial charge in [0.25, 0.3) is 0 Å². The molecular formula is C20H15ClF3NO. The smallest absolute Gasteiger partial charge is 0.416 e. The average Bonchev–Trinajstić information content (AvgIpc) is 2.61. The Morgan fingerprint density at radius 2 is 1.54 bits per heavy atom. The maximum atomic E-state index is 13.0. The SMILES string of the molecule is CCOc1cc(-c2cccc(Cl)c2)nc(-c2cccc(C(F)(F)F)c2)c1. The lowest BCUT2D eigenvalue weighted by Gasteiger charge is -2.12. The van der Waals surface area contributed by atoms with E-state index in [0.717, 1.165) is 17.7 Å². The Kier molecular flexibility index (Phi) is 5.18. The number of ether oxygens (including phenoxy) is 1. The standard InChI is InChI=1S/C20H15ClF3NO/c1-2-26-17-11-18(13-5-3-7-15(9-13)20(22,23)24)25-19(12-17)14-6-4-8-16(21)10-14/h3-12H,2H2,1H3. The molecular weight excluding hydrogens is 363 g/mol. The molecule has 2 aromatic carbocycles. The van der Waals surface area contributed by atoms with Crippen LogP contribution < -0.4 is 4.74 Å². The number of hydrogen-bond acceptors (Lipinski definition) is 2. The fourth-order valence-corrected chi connectivity index (χ4v) is 2.74. The van der Waals surface area contributed by atoms with E-state index < -0.39 is 11.7 Å². The zero-order valence-electron chi connectivity index (χ0n) is 13.8. The van der Waals surface area contributed by atoms with Crippen molar-refractivity contribution in [3.63, 3.8) is 0 Å². The molecule has 134 valence electrons. The molecule has 3 rings (SSSR count). The van der Waals surface area contributed by atoms with Crippen molar-refractivity contribution in [1.82, 2.24) is 4.98 Å². The van der Waals surface area contributed by atoms with Gasteiger partial charge in [0, 0.05) is 28.3 Å². The lowest BCUT2D eigenvalue weighted by Crippen LogP contribution is -2.04. The number of nitrogens with zero attached hydrogens (tertiary/aromatic N) is 1. The van der Waals surface area contributed by atoms with Crippen molar-refractivity contribution in [2.24, 2.45) is 0 Å². The van der Waals surface area contributed by atoms with E-state index in [-0.39, 0.29) is 0 Å². The highest BCUT2D eigenvalue weighted by Gasteiger charge is 2.30. The predicted octanol–water partition coefficient (Wildman–Crippen LogP) is 6.49. The van der Waals surface area contributed by atoms with Crippen LogP contribution in [0.3, 0.4) is 0 Å². The van der Waals surface area contributed by atoms with E-state index in [1.54, 1.807) is 36.4 Å². The third kappa shape index (κ3) is 4.17. The van der Waals surface area contributed by atoms with Crippen molar-refractivity contribution >= 4 is 11.6 Å². The molecule has 0 bridgehead atoms. The van der Waals surface area contributed by atoms with E-state index in [0.29, 0.717) is 34.3 Å². The Morgan fingerprint density at radius 3 is 2.12 bits per heavy atom. The van der Waals surface area contributed by atoms with Gasteiger partial charge in [0.15, 0.2) is 0 Å². The van der Waals surface area contributed by atoms with Gasteiger partial charge in [0.05, 0.1) is 23.6 Å². The largest absolute Gasteiger partial charge is 0.494 e. The first kappa shape index (κ1) is 18.3. The van der Waals surface area contributed by atoms with Crippen molar-refractivity contribution in [3.05, 3.63) is 71.2 Å². The van der Waals surface area contributed by atoms with Crippen LogP contribution in [0, 0.1) is 0 Å². The van der Waals surface area contributed by atoms with Crippen LogP contribution in [0.4, 0.5) is 13.2 Å². The van der Waals surface area contributed by atoms with Crippen molar-refractivity contribution < 1.29 is 17.9 Å². The number of rotatable bonds is 4. The molecule has 0 atom stereocenters. The molecule has 0 radical (unpaired) electrons. The molecule has 0 aliphatic heterocycles. The van der Waals surface area contributed by atoms with Crippen LogP contribution in [0.2, 0.25) is 5.02 Å². The number of hydrogen-bond donors (Lipinski definition) is 0. The highest BCUT2D eigenvalue weighted by atomic mass is 35.5. The van der Waals surface area contributed by atoms with Crippen LogP contribution in [0.5, 0.6) is 5.75 Å². The molecule has 0 amide bonds. The summed E-state index contributed by atoms with van der Waals surface area (Å²) in [6.07, 6.45) is -4.41. The molecule has 1 aromatic heterocycles. The number of aromatic nitrogens is 1. The van der Waals surface area contributed by atoms with Crippen molar-refractivity contribution in [1.29, 1.82) is 0 Å². The number of alkyl halides is 3. The fraction of sp³-hybridized carbons (Fsp3) is 0.150. The number of benzene rings is 2. The quantitative estimate of drug-likeness (QED) is 0.518. The Bertz CT molecular complexity index is 925. The van der Waals surface area contributed by atoms with E-state index >= 15 is 0 Å². The summed E-state index contributed by atoms with van der Waals surface area (Å²) in [5.41, 5.74) is 1.38. The van der Waals surface area contributed by atoms with Gasteiger partial charge in [-0.05, 0) is 31.2 Å². The van der Waals surface area contributed by atoms with Gasteiger partial charge in [-0.15, -0.1) is 0 Å². The zero-order chi connectivity index (χ0) is 18.7. The fourth-order valence-electron chi connectivity index (χ4n) is 2.55. The van der Waals surface area contributed by atoms with E-state index in [4.69, 9.17) is 16.3 Å². The Hall–Kier alpha value is -2.53. The Morgan fingerprint density at radius 1 is 0.923 bits per heavy atom. The van der Waals surface area contributed by atoms with Crippen LogP contribution in [0.15, 0.2) is 60.7 Å². The second kappa shape index (κ2) is 7.38. The summed E-state index contributed by atoms with van der Waals surface area (Å²) in [6.45, 7) is 2.27. The summed E-state index contributed by atoms with van der Waals surface area (Å²) in [6, 6.07) is 15.6. The Labute approximate surface area is 154 Å². The molecule has 0 aliphatic rings. The van der Waals surface area contributed by atoms with Crippen LogP contribution in [-0.2, 0) is 6.18 Å². The predicted molar refractivity (Wildman–Crippen MR) is 96.3 cm³/mol. The van der Waals surface area contributed by atoms with Gasteiger partial charge in [-0.1, -0.05) is 35.9 Å². The van der Waals surface area contributed by atoms with Crippen LogP contribution in [-0.4, -0.2) is 11.6 Å². The molecule has 0 saturated heterocycles. The monoisotopic (exact) mass is 377 g/mol. The van der Waals surface area contributed by atoms with Gasteiger partial charge in [0.1, 0.15) is 5.75 Å². The van der Waals surface area contributed by atoms with E-state index in [9.17, 15) is 13.2 Å². The Balaban J connectivity index is 2.13. The minimum Gasteiger partial charge on any atom is -0.494 e. The molecule has 0 N–H and O–H groups in total. The van der Waals surface area contributed by atoms with E-state index in [1.165, 1.54) is 6.07 Å².